The number of aryl methyl sites for hydroxylation is 1. The van der Waals surface area contributed by atoms with Crippen LogP contribution in [0.1, 0.15) is 47.5 Å². The van der Waals surface area contributed by atoms with Crippen LogP contribution in [-0.4, -0.2) is 68.6 Å². The Labute approximate surface area is 195 Å². The predicted molar refractivity (Wildman–Crippen MR) is 119 cm³/mol. The second-order valence-corrected chi connectivity index (χ2v) is 9.30. The SMILES string of the molecule is C=C(c1sc([C@@H](C)N(C(=O)[C@H]2CNCCO2)C2CC2)cc1CCCNC(=O)OC)C(F)(F)F. The lowest BCUT2D eigenvalue weighted by Gasteiger charge is -2.33. The highest BCUT2D eigenvalue weighted by Gasteiger charge is 2.41. The smallest absolute Gasteiger partial charge is 0.417 e. The molecule has 1 aromatic heterocycles. The third-order valence-corrected chi connectivity index (χ3v) is 7.16. The molecule has 0 radical (unpaired) electrons. The van der Waals surface area contributed by atoms with E-state index in [1.54, 1.807) is 11.0 Å². The second kappa shape index (κ2) is 10.9. The number of alkyl halides is 3. The Morgan fingerprint density at radius 2 is 2.15 bits per heavy atom. The fourth-order valence-corrected chi connectivity index (χ4v) is 5.09. The van der Waals surface area contributed by atoms with Crippen molar-refractivity contribution in [2.75, 3.05) is 33.4 Å². The maximum atomic E-state index is 13.5. The van der Waals surface area contributed by atoms with E-state index >= 15 is 0 Å². The van der Waals surface area contributed by atoms with Gasteiger partial charge in [0.1, 0.15) is 6.10 Å². The Kier molecular flexibility index (Phi) is 8.41. The first kappa shape index (κ1) is 25.5. The lowest BCUT2D eigenvalue weighted by atomic mass is 10.0. The summed E-state index contributed by atoms with van der Waals surface area (Å²) in [5.74, 6) is -0.134. The quantitative estimate of drug-likeness (QED) is 0.518. The number of hydrogen-bond acceptors (Lipinski definition) is 6. The summed E-state index contributed by atoms with van der Waals surface area (Å²) >= 11 is 1.03. The van der Waals surface area contributed by atoms with Crippen LogP contribution < -0.4 is 10.6 Å². The molecule has 2 fully saturated rings. The van der Waals surface area contributed by atoms with Crippen LogP contribution in [0.4, 0.5) is 18.0 Å². The monoisotopic (exact) mass is 489 g/mol. The molecule has 2 aliphatic rings. The molecule has 3 rings (SSSR count). The van der Waals surface area contributed by atoms with Gasteiger partial charge in [0.25, 0.3) is 5.91 Å². The molecule has 184 valence electrons. The molecule has 0 spiro atoms. The molecule has 2 N–H and O–H groups in total. The van der Waals surface area contributed by atoms with Gasteiger partial charge >= 0.3 is 12.3 Å². The number of nitrogens with one attached hydrogen (secondary N) is 2. The molecule has 0 unspecified atom stereocenters. The van der Waals surface area contributed by atoms with Gasteiger partial charge in [0.15, 0.2) is 0 Å². The van der Waals surface area contributed by atoms with Crippen LogP contribution in [0.5, 0.6) is 0 Å². The van der Waals surface area contributed by atoms with Crippen molar-refractivity contribution in [2.45, 2.75) is 57.0 Å². The van der Waals surface area contributed by atoms with E-state index in [2.05, 4.69) is 21.9 Å². The Balaban J connectivity index is 1.81. The van der Waals surface area contributed by atoms with Gasteiger partial charge in [-0.05, 0) is 44.2 Å². The van der Waals surface area contributed by atoms with Crippen molar-refractivity contribution < 1.29 is 32.2 Å². The van der Waals surface area contributed by atoms with Crippen molar-refractivity contribution in [1.29, 1.82) is 0 Å². The lowest BCUT2D eigenvalue weighted by molar-refractivity contribution is -0.148. The molecular weight excluding hydrogens is 459 g/mol. The number of thiophene rings is 1. The van der Waals surface area contributed by atoms with Crippen molar-refractivity contribution in [3.8, 4) is 0 Å². The van der Waals surface area contributed by atoms with Gasteiger partial charge in [0, 0.05) is 35.4 Å². The second-order valence-electron chi connectivity index (χ2n) is 8.22. The number of rotatable bonds is 9. The molecule has 2 atom stereocenters. The highest BCUT2D eigenvalue weighted by atomic mass is 32.1. The third-order valence-electron chi connectivity index (χ3n) is 5.75. The maximum absolute atomic E-state index is 13.5. The predicted octanol–water partition coefficient (Wildman–Crippen LogP) is 3.65. The summed E-state index contributed by atoms with van der Waals surface area (Å²) in [7, 11) is 1.24. The molecular formula is C22H30F3N3O4S. The molecule has 2 heterocycles. The maximum Gasteiger partial charge on any atom is 0.417 e. The minimum atomic E-state index is -4.56. The van der Waals surface area contributed by atoms with Crippen LogP contribution in [0, 0.1) is 0 Å². The van der Waals surface area contributed by atoms with Crippen LogP contribution in [0.15, 0.2) is 12.6 Å². The largest absolute Gasteiger partial charge is 0.453 e. The molecule has 1 aliphatic carbocycles. The van der Waals surface area contributed by atoms with Crippen LogP contribution in [0.25, 0.3) is 5.57 Å². The van der Waals surface area contributed by atoms with E-state index < -0.39 is 23.9 Å². The van der Waals surface area contributed by atoms with E-state index in [4.69, 9.17) is 4.74 Å². The molecule has 1 aromatic rings. The molecule has 0 bridgehead atoms. The fourth-order valence-electron chi connectivity index (χ4n) is 3.83. The zero-order valence-electron chi connectivity index (χ0n) is 18.8. The molecule has 0 aromatic carbocycles. The molecule has 1 saturated carbocycles. The van der Waals surface area contributed by atoms with E-state index in [1.807, 2.05) is 6.92 Å². The van der Waals surface area contributed by atoms with Crippen LogP contribution >= 0.6 is 11.3 Å². The van der Waals surface area contributed by atoms with Gasteiger partial charge in [0.2, 0.25) is 0 Å². The van der Waals surface area contributed by atoms with E-state index in [9.17, 15) is 22.8 Å². The summed E-state index contributed by atoms with van der Waals surface area (Å²) in [6, 6.07) is 1.42. The topological polar surface area (TPSA) is 79.9 Å². The number of hydrogen-bond donors (Lipinski definition) is 2. The third kappa shape index (κ3) is 6.48. The summed E-state index contributed by atoms with van der Waals surface area (Å²) in [5.41, 5.74) is -0.388. The zero-order valence-corrected chi connectivity index (χ0v) is 19.6. The Hall–Kier alpha value is -2.11. The van der Waals surface area contributed by atoms with Gasteiger partial charge < -0.3 is 25.0 Å². The van der Waals surface area contributed by atoms with Crippen LogP contribution in [-0.2, 0) is 20.7 Å². The van der Waals surface area contributed by atoms with E-state index in [0.717, 1.165) is 24.2 Å². The highest BCUT2D eigenvalue weighted by Crippen LogP contribution is 2.43. The van der Waals surface area contributed by atoms with Crippen molar-refractivity contribution in [2.24, 2.45) is 0 Å². The summed E-state index contributed by atoms with van der Waals surface area (Å²) < 4.78 is 50.6. The van der Waals surface area contributed by atoms with Crippen LogP contribution in [0.2, 0.25) is 0 Å². The molecule has 33 heavy (non-hydrogen) atoms. The molecule has 1 aliphatic heterocycles. The van der Waals surface area contributed by atoms with Gasteiger partial charge in [-0.1, -0.05) is 6.58 Å². The van der Waals surface area contributed by atoms with Gasteiger partial charge in [-0.2, -0.15) is 13.2 Å². The summed E-state index contributed by atoms with van der Waals surface area (Å²) in [5, 5.41) is 5.68. The first-order chi connectivity index (χ1) is 15.6. The van der Waals surface area contributed by atoms with Gasteiger partial charge in [-0.3, -0.25) is 4.79 Å². The molecule has 1 saturated heterocycles. The summed E-state index contributed by atoms with van der Waals surface area (Å²) in [6.07, 6.45) is -3.23. The van der Waals surface area contributed by atoms with E-state index in [1.165, 1.54) is 7.11 Å². The zero-order chi connectivity index (χ0) is 24.2. The molecule has 7 nitrogen and oxygen atoms in total. The number of allylic oxidation sites excluding steroid dienone is 1. The standard InChI is InChI=1S/C22H30F3N3O4S/c1-13(22(23,24)25)19-15(5-4-8-27-21(30)31-3)11-18(33-19)14(2)28(16-6-7-16)20(29)17-12-26-9-10-32-17/h11,14,16-17,26H,1,4-10,12H2,2-3H3,(H,27,30)/t14-,17-/m1/s1. The van der Waals surface area contributed by atoms with Gasteiger partial charge in [-0.15, -0.1) is 11.3 Å². The van der Waals surface area contributed by atoms with Crippen molar-refractivity contribution >= 4 is 28.9 Å². The van der Waals surface area contributed by atoms with E-state index in [0.29, 0.717) is 43.0 Å². The number of nitrogens with zero attached hydrogens (tertiary/aromatic N) is 1. The van der Waals surface area contributed by atoms with Crippen molar-refractivity contribution in [3.05, 3.63) is 28.0 Å². The van der Waals surface area contributed by atoms with Crippen molar-refractivity contribution in [3.63, 3.8) is 0 Å². The molecule has 11 heteroatoms. The Bertz CT molecular complexity index is 864. The van der Waals surface area contributed by atoms with E-state index in [-0.39, 0.29) is 29.4 Å². The summed E-state index contributed by atoms with van der Waals surface area (Å²) in [6.45, 7) is 6.96. The molecule has 2 amide bonds. The number of alkyl carbamates (subject to hydrolysis) is 1. The average Bonchev–Trinajstić information content (AvgIpc) is 3.53. The number of carbonyl (C=O) groups is 2. The fraction of sp³-hybridized carbons (Fsp3) is 0.636. The number of morpholine rings is 1. The Morgan fingerprint density at radius 3 is 2.73 bits per heavy atom. The van der Waals surface area contributed by atoms with Gasteiger partial charge in [0.05, 0.1) is 25.3 Å². The van der Waals surface area contributed by atoms with Crippen LogP contribution in [0.3, 0.4) is 0 Å². The number of halogens is 3. The summed E-state index contributed by atoms with van der Waals surface area (Å²) in [4.78, 5) is 26.9. The normalized spacial score (nSPS) is 19.6. The lowest BCUT2D eigenvalue weighted by Crippen LogP contribution is -2.50. The average molecular weight is 490 g/mol. The number of carbonyl (C=O) groups excluding carboxylic acids is 2. The first-order valence-corrected chi connectivity index (χ1v) is 11.8. The number of ether oxygens (including phenoxy) is 2. The number of amides is 2. The highest BCUT2D eigenvalue weighted by molar-refractivity contribution is 7.13. The van der Waals surface area contributed by atoms with Gasteiger partial charge in [-0.25, -0.2) is 4.79 Å². The first-order valence-electron chi connectivity index (χ1n) is 11.0. The minimum Gasteiger partial charge on any atom is -0.453 e. The van der Waals surface area contributed by atoms with Crippen molar-refractivity contribution in [1.82, 2.24) is 15.5 Å². The number of methoxy groups -OCH3 is 1. The minimum absolute atomic E-state index is 0.0706. The Morgan fingerprint density at radius 1 is 1.42 bits per heavy atom.